The monoisotopic (exact) mass is 492 g/mol. The van der Waals surface area contributed by atoms with Crippen molar-refractivity contribution in [3.05, 3.63) is 59.2 Å². The zero-order valence-electron chi connectivity index (χ0n) is 21.0. The van der Waals surface area contributed by atoms with E-state index in [1.165, 1.54) is 18.7 Å². The lowest BCUT2D eigenvalue weighted by Crippen LogP contribution is -2.41. The fourth-order valence-corrected chi connectivity index (χ4v) is 3.63. The average Bonchev–Trinajstić information content (AvgIpc) is 2.90. The molecule has 2 aromatic carbocycles. The van der Waals surface area contributed by atoms with Gasteiger partial charge in [-0.15, -0.1) is 0 Å². The maximum absolute atomic E-state index is 12.6. The molecular formula is C28H32N2O6. The first kappa shape index (κ1) is 26.8. The molecule has 2 aromatic rings. The normalized spacial score (nSPS) is 13.8. The minimum absolute atomic E-state index is 0.0162. The maximum atomic E-state index is 12.6. The molecule has 36 heavy (non-hydrogen) atoms. The second-order valence-corrected chi connectivity index (χ2v) is 8.63. The summed E-state index contributed by atoms with van der Waals surface area (Å²) in [4.78, 5) is 26.6. The van der Waals surface area contributed by atoms with Crippen LogP contribution in [0.2, 0.25) is 0 Å². The summed E-state index contributed by atoms with van der Waals surface area (Å²) in [6.45, 7) is 6.48. The van der Waals surface area contributed by atoms with E-state index < -0.39 is 5.97 Å². The molecule has 0 saturated carbocycles. The summed E-state index contributed by atoms with van der Waals surface area (Å²) in [5.74, 6) is 1.07. The summed E-state index contributed by atoms with van der Waals surface area (Å²) >= 11 is 0. The molecule has 0 aliphatic carbocycles. The Morgan fingerprint density at radius 3 is 2.47 bits per heavy atom. The van der Waals surface area contributed by atoms with E-state index in [4.69, 9.17) is 18.9 Å². The summed E-state index contributed by atoms with van der Waals surface area (Å²) in [6, 6.07) is 14.8. The molecular weight excluding hydrogens is 460 g/mol. The van der Waals surface area contributed by atoms with Crippen molar-refractivity contribution < 1.29 is 28.5 Å². The average molecular weight is 493 g/mol. The standard InChI is InChI=1S/C28H32N2O6/c1-20(2)22-7-9-24(10-8-22)35-14-4-5-27(31)36-25-11-6-21(18-26(25)33-3)17-23(19-29)28(32)30-12-15-34-16-13-30/h6-11,17-18,20H,4-5,12-16H2,1-3H3/b23-17+. The highest BCUT2D eigenvalue weighted by Crippen LogP contribution is 2.29. The van der Waals surface area contributed by atoms with E-state index >= 15 is 0 Å². The number of nitriles is 1. The summed E-state index contributed by atoms with van der Waals surface area (Å²) in [5.41, 5.74) is 1.85. The van der Waals surface area contributed by atoms with Crippen molar-refractivity contribution in [3.8, 4) is 23.3 Å². The van der Waals surface area contributed by atoms with E-state index in [-0.39, 0.29) is 23.7 Å². The minimum Gasteiger partial charge on any atom is -0.494 e. The number of hydrogen-bond acceptors (Lipinski definition) is 7. The van der Waals surface area contributed by atoms with Gasteiger partial charge in [-0.05, 0) is 53.8 Å². The third-order valence-corrected chi connectivity index (χ3v) is 5.71. The maximum Gasteiger partial charge on any atom is 0.311 e. The van der Waals surface area contributed by atoms with E-state index in [1.807, 2.05) is 30.3 Å². The summed E-state index contributed by atoms with van der Waals surface area (Å²) < 4.78 is 21.8. The number of esters is 1. The van der Waals surface area contributed by atoms with Crippen LogP contribution >= 0.6 is 0 Å². The number of carbonyl (C=O) groups is 2. The first-order valence-electron chi connectivity index (χ1n) is 12.0. The molecule has 0 unspecified atom stereocenters. The van der Waals surface area contributed by atoms with E-state index in [1.54, 1.807) is 23.1 Å². The van der Waals surface area contributed by atoms with Gasteiger partial charge >= 0.3 is 5.97 Å². The Balaban J connectivity index is 1.54. The third kappa shape index (κ3) is 7.59. The van der Waals surface area contributed by atoms with Gasteiger partial charge in [-0.2, -0.15) is 5.26 Å². The van der Waals surface area contributed by atoms with Gasteiger partial charge in [-0.3, -0.25) is 9.59 Å². The largest absolute Gasteiger partial charge is 0.494 e. The van der Waals surface area contributed by atoms with Crippen molar-refractivity contribution in [1.29, 1.82) is 5.26 Å². The quantitative estimate of drug-likeness (QED) is 0.160. The van der Waals surface area contributed by atoms with Crippen LogP contribution < -0.4 is 14.2 Å². The van der Waals surface area contributed by atoms with Gasteiger partial charge in [-0.25, -0.2) is 0 Å². The summed E-state index contributed by atoms with van der Waals surface area (Å²) in [5, 5.41) is 9.49. The Bertz CT molecular complexity index is 1110. The van der Waals surface area contributed by atoms with Crippen molar-refractivity contribution in [2.45, 2.75) is 32.6 Å². The number of methoxy groups -OCH3 is 1. The van der Waals surface area contributed by atoms with Gasteiger partial charge in [0.1, 0.15) is 17.4 Å². The Morgan fingerprint density at radius 1 is 1.11 bits per heavy atom. The van der Waals surface area contributed by atoms with E-state index in [9.17, 15) is 14.9 Å². The topological polar surface area (TPSA) is 98.1 Å². The number of amides is 1. The lowest BCUT2D eigenvalue weighted by atomic mass is 10.0. The molecule has 1 aliphatic heterocycles. The SMILES string of the molecule is COc1cc(/C=C(\C#N)C(=O)N2CCOCC2)ccc1OC(=O)CCCOc1ccc(C(C)C)cc1. The first-order valence-corrected chi connectivity index (χ1v) is 12.0. The third-order valence-electron chi connectivity index (χ3n) is 5.71. The fourth-order valence-electron chi connectivity index (χ4n) is 3.63. The Hall–Kier alpha value is -3.83. The van der Waals surface area contributed by atoms with Crippen molar-refractivity contribution in [2.24, 2.45) is 0 Å². The number of morpholine rings is 1. The van der Waals surface area contributed by atoms with Crippen LogP contribution in [0.4, 0.5) is 0 Å². The first-order chi connectivity index (χ1) is 17.4. The number of benzene rings is 2. The van der Waals surface area contributed by atoms with Crippen LogP contribution in [0.5, 0.6) is 17.2 Å². The molecule has 0 atom stereocenters. The van der Waals surface area contributed by atoms with Gasteiger partial charge < -0.3 is 23.8 Å². The molecule has 0 aromatic heterocycles. The number of ether oxygens (including phenoxy) is 4. The van der Waals surface area contributed by atoms with Gasteiger partial charge in [0.05, 0.1) is 26.9 Å². The number of hydrogen-bond donors (Lipinski definition) is 0. The highest BCUT2D eigenvalue weighted by atomic mass is 16.6. The number of carbonyl (C=O) groups excluding carboxylic acids is 2. The Kier molecular flexibility index (Phi) is 9.90. The minimum atomic E-state index is -0.407. The van der Waals surface area contributed by atoms with Gasteiger partial charge in [0.25, 0.3) is 5.91 Å². The lowest BCUT2D eigenvalue weighted by molar-refractivity contribution is -0.134. The molecule has 0 bridgehead atoms. The highest BCUT2D eigenvalue weighted by Gasteiger charge is 2.21. The van der Waals surface area contributed by atoms with Gasteiger partial charge in [0.15, 0.2) is 11.5 Å². The van der Waals surface area contributed by atoms with Crippen LogP contribution in [-0.4, -0.2) is 56.8 Å². The molecule has 3 rings (SSSR count). The van der Waals surface area contributed by atoms with Crippen LogP contribution in [0.3, 0.4) is 0 Å². The zero-order valence-corrected chi connectivity index (χ0v) is 21.0. The molecule has 1 aliphatic rings. The van der Waals surface area contributed by atoms with Crippen LogP contribution in [-0.2, 0) is 14.3 Å². The molecule has 1 heterocycles. The van der Waals surface area contributed by atoms with Crippen molar-refractivity contribution in [3.63, 3.8) is 0 Å². The molecule has 8 heteroatoms. The number of nitrogens with zero attached hydrogens (tertiary/aromatic N) is 2. The number of rotatable bonds is 10. The van der Waals surface area contributed by atoms with Crippen LogP contribution in [0.25, 0.3) is 6.08 Å². The molecule has 1 fully saturated rings. The van der Waals surface area contributed by atoms with E-state index in [0.717, 1.165) is 5.75 Å². The molecule has 0 radical (unpaired) electrons. The van der Waals surface area contributed by atoms with E-state index in [0.29, 0.717) is 56.6 Å². The molecule has 8 nitrogen and oxygen atoms in total. The van der Waals surface area contributed by atoms with Gasteiger partial charge in [0.2, 0.25) is 0 Å². The molecule has 0 spiro atoms. The predicted octanol–water partition coefficient (Wildman–Crippen LogP) is 4.35. The molecule has 190 valence electrons. The Labute approximate surface area is 212 Å². The van der Waals surface area contributed by atoms with E-state index in [2.05, 4.69) is 13.8 Å². The van der Waals surface area contributed by atoms with Gasteiger partial charge in [-0.1, -0.05) is 32.0 Å². The van der Waals surface area contributed by atoms with Crippen LogP contribution in [0.15, 0.2) is 48.0 Å². The highest BCUT2D eigenvalue weighted by molar-refractivity contribution is 6.01. The second kappa shape index (κ2) is 13.3. The van der Waals surface area contributed by atoms with Crippen LogP contribution in [0, 0.1) is 11.3 Å². The molecule has 1 amide bonds. The summed E-state index contributed by atoms with van der Waals surface area (Å²) in [7, 11) is 1.46. The van der Waals surface area contributed by atoms with Crippen LogP contribution in [0.1, 0.15) is 43.7 Å². The van der Waals surface area contributed by atoms with Gasteiger partial charge in [0, 0.05) is 19.5 Å². The predicted molar refractivity (Wildman–Crippen MR) is 135 cm³/mol. The second-order valence-electron chi connectivity index (χ2n) is 8.63. The fraction of sp³-hybridized carbons (Fsp3) is 0.393. The summed E-state index contributed by atoms with van der Waals surface area (Å²) in [6.07, 6.45) is 2.18. The molecule has 0 N–H and O–H groups in total. The lowest BCUT2D eigenvalue weighted by Gasteiger charge is -2.26. The zero-order chi connectivity index (χ0) is 25.9. The van der Waals surface area contributed by atoms with Crippen molar-refractivity contribution in [2.75, 3.05) is 40.0 Å². The molecule has 1 saturated heterocycles. The Morgan fingerprint density at radius 2 is 1.83 bits per heavy atom. The van der Waals surface area contributed by atoms with Crippen molar-refractivity contribution in [1.82, 2.24) is 4.90 Å². The van der Waals surface area contributed by atoms with Crippen molar-refractivity contribution >= 4 is 18.0 Å². The smallest absolute Gasteiger partial charge is 0.311 e.